The van der Waals surface area contributed by atoms with Crippen molar-refractivity contribution in [1.29, 1.82) is 0 Å². The van der Waals surface area contributed by atoms with Crippen molar-refractivity contribution >= 4 is 5.57 Å². The molecule has 0 aliphatic rings. The van der Waals surface area contributed by atoms with Crippen LogP contribution in [0.2, 0.25) is 0 Å². The van der Waals surface area contributed by atoms with Crippen LogP contribution in [0.1, 0.15) is 65.6 Å². The molecule has 0 aliphatic heterocycles. The molecule has 0 radical (unpaired) electrons. The predicted molar refractivity (Wildman–Crippen MR) is 74.9 cm³/mol. The normalized spacial score (nSPS) is 13.1. The molecule has 17 heavy (non-hydrogen) atoms. The van der Waals surface area contributed by atoms with E-state index in [1.54, 1.807) is 6.26 Å². The second-order valence-electron chi connectivity index (χ2n) is 5.82. The Labute approximate surface area is 106 Å². The fourth-order valence-corrected chi connectivity index (χ4v) is 1.99. The van der Waals surface area contributed by atoms with Crippen LogP contribution in [0.4, 0.5) is 0 Å². The van der Waals surface area contributed by atoms with E-state index in [1.165, 1.54) is 31.3 Å². The summed E-state index contributed by atoms with van der Waals surface area (Å²) in [6, 6.07) is 4.04. The summed E-state index contributed by atoms with van der Waals surface area (Å²) in [6.45, 7) is 8.96. The van der Waals surface area contributed by atoms with Crippen LogP contribution in [0.5, 0.6) is 0 Å². The van der Waals surface area contributed by atoms with Gasteiger partial charge in [0.05, 0.1) is 6.26 Å². The molecule has 0 aromatic carbocycles. The largest absolute Gasteiger partial charge is 0.465 e. The summed E-state index contributed by atoms with van der Waals surface area (Å²) in [5.41, 5.74) is 1.57. The van der Waals surface area contributed by atoms with Crippen molar-refractivity contribution in [3.8, 4) is 0 Å². The van der Waals surface area contributed by atoms with Gasteiger partial charge < -0.3 is 4.42 Å². The maximum absolute atomic E-state index is 5.53. The zero-order chi connectivity index (χ0) is 12.7. The summed E-state index contributed by atoms with van der Waals surface area (Å²) in [4.78, 5) is 0. The van der Waals surface area contributed by atoms with Crippen molar-refractivity contribution < 1.29 is 4.42 Å². The number of rotatable bonds is 6. The molecule has 1 rings (SSSR count). The van der Waals surface area contributed by atoms with E-state index in [2.05, 4.69) is 39.8 Å². The minimum Gasteiger partial charge on any atom is -0.465 e. The maximum atomic E-state index is 5.53. The number of allylic oxidation sites excluding steroid dienone is 2. The Morgan fingerprint density at radius 3 is 2.53 bits per heavy atom. The first-order chi connectivity index (χ1) is 8.03. The monoisotopic (exact) mass is 234 g/mol. The molecule has 0 saturated heterocycles. The molecule has 1 heterocycles. The Morgan fingerprint density at radius 1 is 1.24 bits per heavy atom. The molecule has 1 nitrogen and oxygen atoms in total. The van der Waals surface area contributed by atoms with Crippen molar-refractivity contribution in [2.45, 2.75) is 59.8 Å². The van der Waals surface area contributed by atoms with Gasteiger partial charge in [-0.2, -0.15) is 0 Å². The molecule has 0 spiro atoms. The highest BCUT2D eigenvalue weighted by molar-refractivity contribution is 5.61. The van der Waals surface area contributed by atoms with Crippen LogP contribution in [0.25, 0.3) is 5.57 Å². The molecule has 0 unspecified atom stereocenters. The van der Waals surface area contributed by atoms with Gasteiger partial charge in [-0.25, -0.2) is 0 Å². The van der Waals surface area contributed by atoms with Crippen LogP contribution < -0.4 is 0 Å². The number of furan rings is 1. The molecular weight excluding hydrogens is 208 g/mol. The molecule has 0 N–H and O–H groups in total. The Bertz CT molecular complexity index is 325. The Balaban J connectivity index is 2.65. The molecule has 1 aromatic heterocycles. The van der Waals surface area contributed by atoms with Gasteiger partial charge in [0.25, 0.3) is 0 Å². The van der Waals surface area contributed by atoms with Gasteiger partial charge in [0.2, 0.25) is 0 Å². The molecule has 0 atom stereocenters. The molecule has 0 amide bonds. The topological polar surface area (TPSA) is 13.1 Å². The van der Waals surface area contributed by atoms with E-state index in [4.69, 9.17) is 4.42 Å². The molecule has 1 aromatic rings. The summed E-state index contributed by atoms with van der Waals surface area (Å²) in [5, 5.41) is 0. The third kappa shape index (κ3) is 5.76. The third-order valence-electron chi connectivity index (χ3n) is 2.74. The lowest BCUT2D eigenvalue weighted by Gasteiger charge is -2.15. The lowest BCUT2D eigenvalue weighted by Crippen LogP contribution is -2.01. The van der Waals surface area contributed by atoms with Gasteiger partial charge in [-0.1, -0.05) is 53.0 Å². The fourth-order valence-electron chi connectivity index (χ4n) is 1.99. The quantitative estimate of drug-likeness (QED) is 0.577. The highest BCUT2D eigenvalue weighted by Crippen LogP contribution is 2.28. The van der Waals surface area contributed by atoms with Gasteiger partial charge in [0, 0.05) is 0 Å². The number of hydrogen-bond donors (Lipinski definition) is 0. The molecule has 1 heteroatoms. The average Bonchev–Trinajstić information content (AvgIpc) is 2.74. The minimum absolute atomic E-state index is 0.215. The average molecular weight is 234 g/mol. The van der Waals surface area contributed by atoms with E-state index in [1.807, 2.05) is 6.07 Å². The summed E-state index contributed by atoms with van der Waals surface area (Å²) in [5.74, 6) is 1.04. The molecular formula is C16H26O. The van der Waals surface area contributed by atoms with Gasteiger partial charge in [0.15, 0.2) is 0 Å². The Kier molecular flexibility index (Phi) is 5.54. The van der Waals surface area contributed by atoms with Crippen LogP contribution in [0, 0.1) is 5.41 Å². The number of hydrogen-bond acceptors (Lipinski definition) is 1. The van der Waals surface area contributed by atoms with E-state index in [0.717, 1.165) is 12.2 Å². The van der Waals surface area contributed by atoms with Crippen molar-refractivity contribution in [3.05, 3.63) is 30.2 Å². The van der Waals surface area contributed by atoms with E-state index >= 15 is 0 Å². The van der Waals surface area contributed by atoms with E-state index < -0.39 is 0 Å². The van der Waals surface area contributed by atoms with Crippen LogP contribution in [-0.4, -0.2) is 0 Å². The maximum Gasteiger partial charge on any atom is 0.129 e. The minimum atomic E-state index is 0.215. The highest BCUT2D eigenvalue weighted by atomic mass is 16.3. The molecule has 0 bridgehead atoms. The predicted octanol–water partition coefficient (Wildman–Crippen LogP) is 5.68. The van der Waals surface area contributed by atoms with Crippen LogP contribution in [0.3, 0.4) is 0 Å². The second kappa shape index (κ2) is 6.68. The first kappa shape index (κ1) is 14.1. The first-order valence-electron chi connectivity index (χ1n) is 6.78. The SMILES string of the molecule is CCCCCC/C(=C\C(C)(C)C)c1ccco1. The van der Waals surface area contributed by atoms with E-state index in [0.29, 0.717) is 0 Å². The van der Waals surface area contributed by atoms with E-state index in [9.17, 15) is 0 Å². The summed E-state index contributed by atoms with van der Waals surface area (Å²) >= 11 is 0. The molecule has 0 fully saturated rings. The van der Waals surface area contributed by atoms with Crippen LogP contribution in [-0.2, 0) is 0 Å². The van der Waals surface area contributed by atoms with Crippen molar-refractivity contribution in [2.75, 3.05) is 0 Å². The Morgan fingerprint density at radius 2 is 2.00 bits per heavy atom. The zero-order valence-corrected chi connectivity index (χ0v) is 11.8. The van der Waals surface area contributed by atoms with E-state index in [-0.39, 0.29) is 5.41 Å². The summed E-state index contributed by atoms with van der Waals surface area (Å²) < 4.78 is 5.53. The molecule has 0 saturated carbocycles. The van der Waals surface area contributed by atoms with Gasteiger partial charge in [-0.3, -0.25) is 0 Å². The fraction of sp³-hybridized carbons (Fsp3) is 0.625. The second-order valence-corrected chi connectivity index (χ2v) is 5.82. The summed E-state index contributed by atoms with van der Waals surface area (Å²) in [6.07, 6.45) is 10.4. The van der Waals surface area contributed by atoms with Crippen molar-refractivity contribution in [3.63, 3.8) is 0 Å². The van der Waals surface area contributed by atoms with Crippen molar-refractivity contribution in [2.24, 2.45) is 5.41 Å². The van der Waals surface area contributed by atoms with Crippen LogP contribution in [0.15, 0.2) is 28.9 Å². The molecule has 96 valence electrons. The Hall–Kier alpha value is -0.980. The third-order valence-corrected chi connectivity index (χ3v) is 2.74. The first-order valence-corrected chi connectivity index (χ1v) is 6.78. The standard InChI is InChI=1S/C16H26O/c1-5-6-7-8-10-14(13-16(2,3)4)15-11-9-12-17-15/h9,11-13H,5-8,10H2,1-4H3/b14-13+. The lowest BCUT2D eigenvalue weighted by molar-refractivity contribution is 0.526. The molecule has 0 aliphatic carbocycles. The van der Waals surface area contributed by atoms with Gasteiger partial charge in [0.1, 0.15) is 5.76 Å². The van der Waals surface area contributed by atoms with Gasteiger partial charge in [-0.05, 0) is 36.0 Å². The number of unbranched alkanes of at least 4 members (excludes halogenated alkanes) is 3. The van der Waals surface area contributed by atoms with Gasteiger partial charge >= 0.3 is 0 Å². The lowest BCUT2D eigenvalue weighted by atomic mass is 9.91. The summed E-state index contributed by atoms with van der Waals surface area (Å²) in [7, 11) is 0. The smallest absolute Gasteiger partial charge is 0.129 e. The van der Waals surface area contributed by atoms with Gasteiger partial charge in [-0.15, -0.1) is 0 Å². The highest BCUT2D eigenvalue weighted by Gasteiger charge is 2.11. The zero-order valence-electron chi connectivity index (χ0n) is 11.8. The van der Waals surface area contributed by atoms with Crippen LogP contribution >= 0.6 is 0 Å². The van der Waals surface area contributed by atoms with Crippen molar-refractivity contribution in [1.82, 2.24) is 0 Å².